The van der Waals surface area contributed by atoms with E-state index in [0.29, 0.717) is 17.3 Å². The molecule has 7 heteroatoms. The second-order valence-corrected chi connectivity index (χ2v) is 6.52. The standard InChI is InChI=1S/C16H16N4O2S/c1-10-9-17-16(23-10)18-15(22)13-8-14(11(2)21)20(19-13)12-6-4-3-5-7-12/h3-7,9,14H,8H2,1-2H3,(H,17,18,22). The molecule has 0 bridgehead atoms. The maximum Gasteiger partial charge on any atom is 0.273 e. The van der Waals surface area contributed by atoms with Gasteiger partial charge in [0.2, 0.25) is 0 Å². The van der Waals surface area contributed by atoms with Crippen LogP contribution < -0.4 is 10.3 Å². The van der Waals surface area contributed by atoms with Gasteiger partial charge in [0.05, 0.1) is 5.69 Å². The Hall–Kier alpha value is -2.54. The molecule has 0 fully saturated rings. The molecular formula is C16H16N4O2S. The maximum absolute atomic E-state index is 12.4. The summed E-state index contributed by atoms with van der Waals surface area (Å²) in [6, 6.07) is 8.92. The molecule has 1 aromatic heterocycles. The van der Waals surface area contributed by atoms with Crippen LogP contribution in [0, 0.1) is 6.92 Å². The average molecular weight is 328 g/mol. The summed E-state index contributed by atoms with van der Waals surface area (Å²) in [6.07, 6.45) is 1.99. The second kappa shape index (κ2) is 6.29. The van der Waals surface area contributed by atoms with Gasteiger partial charge in [-0.3, -0.25) is 19.9 Å². The Morgan fingerprint density at radius 3 is 2.65 bits per heavy atom. The zero-order chi connectivity index (χ0) is 16.4. The molecule has 1 aliphatic rings. The first-order valence-electron chi connectivity index (χ1n) is 7.20. The second-order valence-electron chi connectivity index (χ2n) is 5.29. The van der Waals surface area contributed by atoms with E-state index in [4.69, 9.17) is 0 Å². The third-order valence-corrected chi connectivity index (χ3v) is 4.33. The number of carbonyl (C=O) groups excluding carboxylic acids is 2. The Bertz CT molecular complexity index is 769. The Balaban J connectivity index is 1.82. The van der Waals surface area contributed by atoms with E-state index in [1.807, 2.05) is 37.3 Å². The lowest BCUT2D eigenvalue weighted by atomic mass is 10.1. The van der Waals surface area contributed by atoms with Gasteiger partial charge in [-0.15, -0.1) is 11.3 Å². The number of aromatic nitrogens is 1. The van der Waals surface area contributed by atoms with Gasteiger partial charge in [0, 0.05) is 17.5 Å². The molecule has 1 amide bonds. The van der Waals surface area contributed by atoms with Gasteiger partial charge in [0.25, 0.3) is 5.91 Å². The third-order valence-electron chi connectivity index (χ3n) is 3.50. The number of Topliss-reactive ketones (excluding diaryl/α,β-unsaturated/α-hetero) is 1. The van der Waals surface area contributed by atoms with Crippen LogP contribution in [0.15, 0.2) is 41.6 Å². The van der Waals surface area contributed by atoms with Crippen molar-refractivity contribution in [1.82, 2.24) is 4.98 Å². The van der Waals surface area contributed by atoms with Crippen molar-refractivity contribution in [2.45, 2.75) is 26.3 Å². The van der Waals surface area contributed by atoms with E-state index in [9.17, 15) is 9.59 Å². The van der Waals surface area contributed by atoms with Crippen molar-refractivity contribution in [1.29, 1.82) is 0 Å². The molecule has 0 aliphatic carbocycles. The number of nitrogens with zero attached hydrogens (tertiary/aromatic N) is 3. The zero-order valence-corrected chi connectivity index (χ0v) is 13.6. The topological polar surface area (TPSA) is 74.7 Å². The number of rotatable bonds is 4. The number of nitrogens with one attached hydrogen (secondary N) is 1. The summed E-state index contributed by atoms with van der Waals surface area (Å²) in [6.45, 7) is 3.44. The van der Waals surface area contributed by atoms with Gasteiger partial charge in [-0.25, -0.2) is 4.98 Å². The van der Waals surface area contributed by atoms with Crippen LogP contribution in [0.25, 0.3) is 0 Å². The quantitative estimate of drug-likeness (QED) is 0.936. The Morgan fingerprint density at radius 2 is 2.04 bits per heavy atom. The van der Waals surface area contributed by atoms with E-state index in [2.05, 4.69) is 15.4 Å². The first-order chi connectivity index (χ1) is 11.0. The van der Waals surface area contributed by atoms with Gasteiger partial charge in [0.1, 0.15) is 11.8 Å². The van der Waals surface area contributed by atoms with E-state index >= 15 is 0 Å². The Kier molecular flexibility index (Phi) is 4.20. The maximum atomic E-state index is 12.4. The highest BCUT2D eigenvalue weighted by atomic mass is 32.1. The van der Waals surface area contributed by atoms with Crippen molar-refractivity contribution in [3.8, 4) is 0 Å². The number of aryl methyl sites for hydroxylation is 1. The van der Waals surface area contributed by atoms with Crippen LogP contribution in [-0.4, -0.2) is 28.4 Å². The summed E-state index contributed by atoms with van der Waals surface area (Å²) in [5, 5.41) is 9.24. The van der Waals surface area contributed by atoms with E-state index in [1.165, 1.54) is 18.3 Å². The van der Waals surface area contributed by atoms with Gasteiger partial charge >= 0.3 is 0 Å². The number of thiazole rings is 1. The van der Waals surface area contributed by atoms with Crippen LogP contribution >= 0.6 is 11.3 Å². The summed E-state index contributed by atoms with van der Waals surface area (Å²) >= 11 is 1.40. The molecule has 2 aromatic rings. The molecule has 1 N–H and O–H groups in total. The molecule has 2 heterocycles. The van der Waals surface area contributed by atoms with Crippen LogP contribution in [0.2, 0.25) is 0 Å². The highest BCUT2D eigenvalue weighted by Crippen LogP contribution is 2.25. The Morgan fingerprint density at radius 1 is 1.30 bits per heavy atom. The van der Waals surface area contributed by atoms with Gasteiger partial charge in [-0.05, 0) is 26.0 Å². The van der Waals surface area contributed by atoms with Crippen LogP contribution in [0.5, 0.6) is 0 Å². The lowest BCUT2D eigenvalue weighted by Crippen LogP contribution is -2.33. The third kappa shape index (κ3) is 3.29. The van der Waals surface area contributed by atoms with Gasteiger partial charge in [-0.1, -0.05) is 18.2 Å². The largest absolute Gasteiger partial charge is 0.298 e. The number of para-hydroxylation sites is 1. The average Bonchev–Trinajstić information content (AvgIpc) is 3.15. The van der Waals surface area contributed by atoms with Crippen LogP contribution in [0.1, 0.15) is 18.2 Å². The highest BCUT2D eigenvalue weighted by Gasteiger charge is 2.34. The molecule has 1 unspecified atom stereocenters. The predicted molar refractivity (Wildman–Crippen MR) is 90.9 cm³/mol. The predicted octanol–water partition coefficient (Wildman–Crippen LogP) is 2.61. The number of anilines is 2. The van der Waals surface area contributed by atoms with Crippen molar-refractivity contribution in [2.24, 2.45) is 5.10 Å². The molecule has 3 rings (SSSR count). The molecule has 0 radical (unpaired) electrons. The normalized spacial score (nSPS) is 17.0. The molecule has 0 saturated heterocycles. The molecular weight excluding hydrogens is 312 g/mol. The number of ketones is 1. The smallest absolute Gasteiger partial charge is 0.273 e. The number of hydrazone groups is 1. The molecule has 0 spiro atoms. The van der Waals surface area contributed by atoms with Gasteiger partial charge in [-0.2, -0.15) is 5.10 Å². The van der Waals surface area contributed by atoms with Crippen molar-refractivity contribution in [2.75, 3.05) is 10.3 Å². The van der Waals surface area contributed by atoms with Crippen molar-refractivity contribution >= 4 is 39.6 Å². The zero-order valence-electron chi connectivity index (χ0n) is 12.8. The van der Waals surface area contributed by atoms with E-state index in [-0.39, 0.29) is 11.7 Å². The highest BCUT2D eigenvalue weighted by molar-refractivity contribution is 7.15. The molecule has 1 aliphatic heterocycles. The summed E-state index contributed by atoms with van der Waals surface area (Å²) in [5.74, 6) is -0.338. The van der Waals surface area contributed by atoms with Crippen molar-refractivity contribution in [3.63, 3.8) is 0 Å². The number of hydrogen-bond donors (Lipinski definition) is 1. The van der Waals surface area contributed by atoms with Gasteiger partial charge < -0.3 is 0 Å². The number of benzene rings is 1. The van der Waals surface area contributed by atoms with Crippen LogP contribution in [-0.2, 0) is 9.59 Å². The fourth-order valence-electron chi connectivity index (χ4n) is 2.36. The minimum atomic E-state index is -0.448. The fraction of sp³-hybridized carbons (Fsp3) is 0.250. The van der Waals surface area contributed by atoms with Crippen molar-refractivity contribution in [3.05, 3.63) is 41.4 Å². The summed E-state index contributed by atoms with van der Waals surface area (Å²) < 4.78 is 0. The first-order valence-corrected chi connectivity index (χ1v) is 8.02. The van der Waals surface area contributed by atoms with Gasteiger partial charge in [0.15, 0.2) is 10.9 Å². The molecule has 23 heavy (non-hydrogen) atoms. The lowest BCUT2D eigenvalue weighted by molar-refractivity contribution is -0.118. The first kappa shape index (κ1) is 15.4. The number of amides is 1. The van der Waals surface area contributed by atoms with E-state index in [0.717, 1.165) is 10.6 Å². The lowest BCUT2D eigenvalue weighted by Gasteiger charge is -2.20. The van der Waals surface area contributed by atoms with E-state index < -0.39 is 6.04 Å². The molecule has 1 aromatic carbocycles. The number of carbonyl (C=O) groups is 2. The van der Waals surface area contributed by atoms with Crippen LogP contribution in [0.3, 0.4) is 0 Å². The van der Waals surface area contributed by atoms with E-state index in [1.54, 1.807) is 11.2 Å². The minimum absolute atomic E-state index is 0.0227. The monoisotopic (exact) mass is 328 g/mol. The number of hydrogen-bond acceptors (Lipinski definition) is 6. The minimum Gasteiger partial charge on any atom is -0.298 e. The summed E-state index contributed by atoms with van der Waals surface area (Å²) in [5.41, 5.74) is 1.13. The summed E-state index contributed by atoms with van der Waals surface area (Å²) in [4.78, 5) is 29.4. The molecule has 118 valence electrons. The van der Waals surface area contributed by atoms with Crippen LogP contribution in [0.4, 0.5) is 10.8 Å². The molecule has 6 nitrogen and oxygen atoms in total. The molecule has 1 atom stereocenters. The summed E-state index contributed by atoms with van der Waals surface area (Å²) in [7, 11) is 0. The fourth-order valence-corrected chi connectivity index (χ4v) is 3.02. The molecule has 0 saturated carbocycles. The SMILES string of the molecule is CC(=O)C1CC(C(=O)Nc2ncc(C)s2)=NN1c1ccccc1. The van der Waals surface area contributed by atoms with Crippen molar-refractivity contribution < 1.29 is 9.59 Å². The Labute approximate surface area is 137 Å².